The van der Waals surface area contributed by atoms with Crippen LogP contribution >= 0.6 is 23.1 Å². The minimum Gasteiger partial charge on any atom is -0.334 e. The fourth-order valence-electron chi connectivity index (χ4n) is 2.07. The molecule has 0 bridgehead atoms. The second-order valence-electron chi connectivity index (χ2n) is 4.76. The van der Waals surface area contributed by atoms with Crippen molar-refractivity contribution in [3.8, 4) is 0 Å². The molecule has 0 fully saturated rings. The van der Waals surface area contributed by atoms with Crippen LogP contribution in [-0.4, -0.2) is 17.3 Å². The van der Waals surface area contributed by atoms with Crippen LogP contribution in [0.1, 0.15) is 5.56 Å². The summed E-state index contributed by atoms with van der Waals surface area (Å²) in [4.78, 5) is 17.5. The zero-order valence-corrected chi connectivity index (χ0v) is 13.9. The van der Waals surface area contributed by atoms with Crippen LogP contribution in [0.4, 0.5) is 14.3 Å². The topological polar surface area (TPSA) is 54.0 Å². The van der Waals surface area contributed by atoms with Crippen molar-refractivity contribution >= 4 is 44.5 Å². The van der Waals surface area contributed by atoms with Crippen molar-refractivity contribution in [1.29, 1.82) is 0 Å². The Morgan fingerprint density at radius 1 is 1.26 bits per heavy atom. The van der Waals surface area contributed by atoms with Gasteiger partial charge in [-0.2, -0.15) is 0 Å². The van der Waals surface area contributed by atoms with E-state index in [1.807, 2.05) is 24.5 Å². The number of rotatable bonds is 4. The first-order valence-electron chi connectivity index (χ1n) is 6.88. The monoisotopic (exact) mass is 347 g/mol. The van der Waals surface area contributed by atoms with E-state index in [0.29, 0.717) is 11.7 Å². The molecule has 23 heavy (non-hydrogen) atoms. The SMILES string of the molecule is CSc1cccc2sc(NC(=O)NCc3ccc(F)cc3)nc12. The highest BCUT2D eigenvalue weighted by atomic mass is 32.2. The molecule has 118 valence electrons. The van der Waals surface area contributed by atoms with Crippen molar-refractivity contribution in [3.63, 3.8) is 0 Å². The molecular weight excluding hydrogens is 333 g/mol. The van der Waals surface area contributed by atoms with Gasteiger partial charge in [0.05, 0.1) is 10.2 Å². The molecule has 1 aromatic heterocycles. The number of halogens is 1. The number of carbonyl (C=O) groups excluding carboxylic acids is 1. The number of hydrogen-bond acceptors (Lipinski definition) is 4. The third kappa shape index (κ3) is 3.80. The van der Waals surface area contributed by atoms with E-state index in [0.717, 1.165) is 20.7 Å². The molecule has 2 N–H and O–H groups in total. The summed E-state index contributed by atoms with van der Waals surface area (Å²) < 4.78 is 13.9. The minimum absolute atomic E-state index is 0.294. The van der Waals surface area contributed by atoms with Crippen molar-refractivity contribution in [2.45, 2.75) is 11.4 Å². The first-order chi connectivity index (χ1) is 11.2. The standard InChI is InChI=1S/C16H14FN3OS2/c1-22-12-3-2-4-13-14(12)19-16(23-13)20-15(21)18-9-10-5-7-11(17)8-6-10/h2-8H,9H2,1H3,(H2,18,19,20,21). The highest BCUT2D eigenvalue weighted by Crippen LogP contribution is 2.32. The van der Waals surface area contributed by atoms with Gasteiger partial charge in [-0.3, -0.25) is 5.32 Å². The number of fused-ring (bicyclic) bond motifs is 1. The predicted molar refractivity (Wildman–Crippen MR) is 93.7 cm³/mol. The summed E-state index contributed by atoms with van der Waals surface area (Å²) in [5, 5.41) is 6.02. The van der Waals surface area contributed by atoms with Crippen LogP contribution in [0.3, 0.4) is 0 Å². The van der Waals surface area contributed by atoms with E-state index in [1.165, 1.54) is 23.5 Å². The summed E-state index contributed by atoms with van der Waals surface area (Å²) >= 11 is 3.06. The normalized spacial score (nSPS) is 10.7. The van der Waals surface area contributed by atoms with Gasteiger partial charge in [0.15, 0.2) is 5.13 Å². The molecule has 0 saturated heterocycles. The number of thioether (sulfide) groups is 1. The highest BCUT2D eigenvalue weighted by Gasteiger charge is 2.10. The van der Waals surface area contributed by atoms with E-state index >= 15 is 0 Å². The molecule has 0 unspecified atom stereocenters. The van der Waals surface area contributed by atoms with Gasteiger partial charge in [-0.25, -0.2) is 14.2 Å². The molecule has 3 rings (SSSR count). The lowest BCUT2D eigenvalue weighted by Crippen LogP contribution is -2.28. The Morgan fingerprint density at radius 3 is 2.78 bits per heavy atom. The molecule has 0 aliphatic heterocycles. The second kappa shape index (κ2) is 6.97. The number of nitrogens with one attached hydrogen (secondary N) is 2. The van der Waals surface area contributed by atoms with E-state index < -0.39 is 0 Å². The summed E-state index contributed by atoms with van der Waals surface area (Å²) in [5.74, 6) is -0.294. The van der Waals surface area contributed by atoms with Gasteiger partial charge in [0.2, 0.25) is 0 Å². The summed E-state index contributed by atoms with van der Waals surface area (Å²) in [6.07, 6.45) is 2.00. The van der Waals surface area contributed by atoms with Gasteiger partial charge in [0.25, 0.3) is 0 Å². The molecule has 2 aromatic carbocycles. The molecule has 0 spiro atoms. The molecular formula is C16H14FN3OS2. The van der Waals surface area contributed by atoms with Crippen LogP contribution in [0.25, 0.3) is 10.2 Å². The Hall–Kier alpha value is -2.12. The highest BCUT2D eigenvalue weighted by molar-refractivity contribution is 7.98. The lowest BCUT2D eigenvalue weighted by molar-refractivity contribution is 0.251. The zero-order valence-electron chi connectivity index (χ0n) is 12.3. The van der Waals surface area contributed by atoms with E-state index in [9.17, 15) is 9.18 Å². The van der Waals surface area contributed by atoms with Crippen LogP contribution < -0.4 is 10.6 Å². The van der Waals surface area contributed by atoms with E-state index in [4.69, 9.17) is 0 Å². The lowest BCUT2D eigenvalue weighted by atomic mass is 10.2. The largest absolute Gasteiger partial charge is 0.334 e. The van der Waals surface area contributed by atoms with Crippen molar-refractivity contribution in [3.05, 3.63) is 53.8 Å². The molecule has 0 saturated carbocycles. The van der Waals surface area contributed by atoms with Gasteiger partial charge in [-0.05, 0) is 36.1 Å². The number of carbonyl (C=O) groups is 1. The van der Waals surface area contributed by atoms with Gasteiger partial charge < -0.3 is 5.32 Å². The number of nitrogens with zero attached hydrogens (tertiary/aromatic N) is 1. The van der Waals surface area contributed by atoms with Crippen LogP contribution in [0.15, 0.2) is 47.4 Å². The molecule has 0 atom stereocenters. The number of urea groups is 1. The van der Waals surface area contributed by atoms with Gasteiger partial charge in [0.1, 0.15) is 5.82 Å². The molecule has 0 radical (unpaired) electrons. The van der Waals surface area contributed by atoms with Crippen LogP contribution in [0.5, 0.6) is 0 Å². The third-order valence-corrected chi connectivity index (χ3v) is 4.89. The minimum atomic E-state index is -0.334. The Labute approximate surface area is 141 Å². The zero-order chi connectivity index (χ0) is 16.2. The van der Waals surface area contributed by atoms with Crippen molar-refractivity contribution in [1.82, 2.24) is 10.3 Å². The first kappa shape index (κ1) is 15.8. The summed E-state index contributed by atoms with van der Waals surface area (Å²) in [6.45, 7) is 0.326. The number of hydrogen-bond donors (Lipinski definition) is 2. The van der Waals surface area contributed by atoms with Crippen molar-refractivity contribution in [2.24, 2.45) is 0 Å². The number of aromatic nitrogens is 1. The number of para-hydroxylation sites is 1. The predicted octanol–water partition coefficient (Wildman–Crippen LogP) is 4.48. The molecule has 2 amide bonds. The van der Waals surface area contributed by atoms with E-state index in [1.54, 1.807) is 23.9 Å². The first-order valence-corrected chi connectivity index (χ1v) is 8.92. The van der Waals surface area contributed by atoms with Gasteiger partial charge >= 0.3 is 6.03 Å². The number of thiazole rings is 1. The van der Waals surface area contributed by atoms with Gasteiger partial charge in [-0.1, -0.05) is 29.5 Å². The molecule has 4 nitrogen and oxygen atoms in total. The smallest absolute Gasteiger partial charge is 0.321 e. The number of benzene rings is 2. The average Bonchev–Trinajstić information content (AvgIpc) is 2.96. The Kier molecular flexibility index (Phi) is 4.78. The maximum absolute atomic E-state index is 12.8. The van der Waals surface area contributed by atoms with Crippen LogP contribution in [-0.2, 0) is 6.54 Å². The quantitative estimate of drug-likeness (QED) is 0.684. The fourth-order valence-corrected chi connectivity index (χ4v) is 3.58. The molecule has 0 aliphatic rings. The maximum Gasteiger partial charge on any atom is 0.321 e. The van der Waals surface area contributed by atoms with Gasteiger partial charge in [0, 0.05) is 11.4 Å². The van der Waals surface area contributed by atoms with Crippen LogP contribution in [0, 0.1) is 5.82 Å². The van der Waals surface area contributed by atoms with Crippen molar-refractivity contribution < 1.29 is 9.18 Å². The molecule has 0 aliphatic carbocycles. The molecule has 7 heteroatoms. The third-order valence-electron chi connectivity index (χ3n) is 3.19. The average molecular weight is 347 g/mol. The maximum atomic E-state index is 12.8. The van der Waals surface area contributed by atoms with E-state index in [2.05, 4.69) is 15.6 Å². The lowest BCUT2D eigenvalue weighted by Gasteiger charge is -2.05. The van der Waals surface area contributed by atoms with Crippen LogP contribution in [0.2, 0.25) is 0 Å². The Balaban J connectivity index is 1.64. The molecule has 3 aromatic rings. The summed E-state index contributed by atoms with van der Waals surface area (Å²) in [6, 6.07) is 11.6. The Bertz CT molecular complexity index is 833. The number of anilines is 1. The number of amides is 2. The summed E-state index contributed by atoms with van der Waals surface area (Å²) in [5.41, 5.74) is 1.73. The second-order valence-corrected chi connectivity index (χ2v) is 6.64. The van der Waals surface area contributed by atoms with E-state index in [-0.39, 0.29) is 11.8 Å². The van der Waals surface area contributed by atoms with Crippen molar-refractivity contribution in [2.75, 3.05) is 11.6 Å². The van der Waals surface area contributed by atoms with Gasteiger partial charge in [-0.15, -0.1) is 11.8 Å². The molecule has 1 heterocycles. The fraction of sp³-hybridized carbons (Fsp3) is 0.125. The Morgan fingerprint density at radius 2 is 2.04 bits per heavy atom. The summed E-state index contributed by atoms with van der Waals surface area (Å²) in [7, 11) is 0.